The number of alkyl halides is 3. The molecule has 44 heavy (non-hydrogen) atoms. The van der Waals surface area contributed by atoms with Crippen molar-refractivity contribution in [1.29, 1.82) is 5.26 Å². The zero-order chi connectivity index (χ0) is 31.3. The molecule has 4 aromatic rings. The molecule has 2 aliphatic heterocycles. The van der Waals surface area contributed by atoms with E-state index in [1.807, 2.05) is 0 Å². The van der Waals surface area contributed by atoms with Gasteiger partial charge in [-0.25, -0.2) is 13.8 Å². The largest absolute Gasteiger partial charge is 0.409 e. The molecule has 2 aromatic carbocycles. The fourth-order valence-electron chi connectivity index (χ4n) is 5.42. The number of nitrogens with one attached hydrogen (secondary N) is 1. The Bertz CT molecular complexity index is 1750. The first-order valence-electron chi connectivity index (χ1n) is 13.5. The summed E-state index contributed by atoms with van der Waals surface area (Å²) in [5.41, 5.74) is 0.811. The van der Waals surface area contributed by atoms with Crippen molar-refractivity contribution in [2.24, 2.45) is 0 Å². The number of amides is 1. The lowest BCUT2D eigenvalue weighted by molar-refractivity contribution is -0.160. The number of aliphatic hydroxyl groups excluding tert-OH is 1. The van der Waals surface area contributed by atoms with Crippen LogP contribution in [0.1, 0.15) is 4.88 Å². The number of nitriles is 1. The van der Waals surface area contributed by atoms with Crippen molar-refractivity contribution in [3.8, 4) is 17.3 Å². The third-order valence-electron chi connectivity index (χ3n) is 7.78. The highest BCUT2D eigenvalue weighted by atomic mass is 32.1. The van der Waals surface area contributed by atoms with E-state index in [-0.39, 0.29) is 65.9 Å². The summed E-state index contributed by atoms with van der Waals surface area (Å²) in [4.78, 5) is 22.6. The van der Waals surface area contributed by atoms with E-state index in [9.17, 15) is 32.7 Å². The number of benzene rings is 2. The minimum Gasteiger partial charge on any atom is -0.389 e. The molecule has 2 aromatic heterocycles. The Morgan fingerprint density at radius 3 is 2.57 bits per heavy atom. The summed E-state index contributed by atoms with van der Waals surface area (Å²) in [6.07, 6.45) is -5.29. The fourth-order valence-corrected chi connectivity index (χ4v) is 6.27. The highest BCUT2D eigenvalue weighted by Gasteiger charge is 2.47. The van der Waals surface area contributed by atoms with Gasteiger partial charge in [0.1, 0.15) is 34.0 Å². The third kappa shape index (κ3) is 5.53. The van der Waals surface area contributed by atoms with Crippen molar-refractivity contribution < 1.29 is 31.9 Å². The van der Waals surface area contributed by atoms with E-state index in [0.717, 1.165) is 22.3 Å². The van der Waals surface area contributed by atoms with Gasteiger partial charge in [0.05, 0.1) is 12.6 Å². The lowest BCUT2D eigenvalue weighted by atomic mass is 10.1. The minimum atomic E-state index is -4.68. The van der Waals surface area contributed by atoms with Gasteiger partial charge >= 0.3 is 6.18 Å². The molecule has 0 bridgehead atoms. The first-order chi connectivity index (χ1) is 20.9. The Morgan fingerprint density at radius 1 is 1.18 bits per heavy atom. The van der Waals surface area contributed by atoms with E-state index in [1.54, 1.807) is 7.05 Å². The molecular weight excluding hydrogens is 607 g/mol. The number of aromatic nitrogens is 3. The molecule has 16 heteroatoms. The van der Waals surface area contributed by atoms with Gasteiger partial charge in [0, 0.05) is 56.4 Å². The van der Waals surface area contributed by atoms with Crippen molar-refractivity contribution in [3.63, 3.8) is 0 Å². The van der Waals surface area contributed by atoms with Crippen molar-refractivity contribution >= 4 is 44.8 Å². The Hall–Kier alpha value is -4.33. The van der Waals surface area contributed by atoms with Crippen LogP contribution < -0.4 is 9.80 Å². The number of aliphatic hydroxyl groups is 1. The molecule has 1 unspecified atom stereocenters. The molecule has 2 fully saturated rings. The number of halogens is 5. The van der Waals surface area contributed by atoms with Crippen molar-refractivity contribution in [1.82, 2.24) is 25.0 Å². The first kappa shape index (κ1) is 29.7. The molecule has 2 saturated heterocycles. The number of nitrogens with zero attached hydrogens (tertiary/aromatic N) is 7. The highest BCUT2D eigenvalue weighted by molar-refractivity contribution is 7.16. The zero-order valence-electron chi connectivity index (χ0n) is 23.1. The number of aromatic amines is 1. The van der Waals surface area contributed by atoms with Crippen LogP contribution in [0.4, 0.5) is 38.6 Å². The maximum absolute atomic E-state index is 15.3. The standard InChI is InChI=1S/C28H25F5N8O2S/c1-38(27-35-24(21(10-34)44-27)15-2-4-16(29)5-3-15)26-19-8-17(9-20(30)25(19)36-37-26)41-7-6-39(13-22(41)28(31,32)33)14-23(43)40-11-18(42)12-40/h2-5,8-9,18,22,42H,6-7,11-14H2,1H3,(H,36,37). The van der Waals surface area contributed by atoms with Gasteiger partial charge in [-0.1, -0.05) is 11.3 Å². The normalized spacial score (nSPS) is 18.0. The predicted octanol–water partition coefficient (Wildman–Crippen LogP) is 3.86. The number of β-amino-alcohol motifs (C(OH)–C–C–N with tert-alkyl or cyclic N) is 1. The fraction of sp³-hybridized carbons (Fsp3) is 0.357. The summed E-state index contributed by atoms with van der Waals surface area (Å²) in [5.74, 6) is -1.43. The van der Waals surface area contributed by atoms with Crippen molar-refractivity contribution in [2.75, 3.05) is 56.1 Å². The highest BCUT2D eigenvalue weighted by Crippen LogP contribution is 2.39. The van der Waals surface area contributed by atoms with E-state index >= 15 is 4.39 Å². The van der Waals surface area contributed by atoms with Crippen molar-refractivity contribution in [3.05, 3.63) is 52.9 Å². The summed E-state index contributed by atoms with van der Waals surface area (Å²) < 4.78 is 71.7. The summed E-state index contributed by atoms with van der Waals surface area (Å²) in [6.45, 7) is -0.369. The molecular formula is C28H25F5N8O2S. The van der Waals surface area contributed by atoms with Crippen LogP contribution in [0.5, 0.6) is 0 Å². The van der Waals surface area contributed by atoms with Crippen LogP contribution in [0.25, 0.3) is 22.2 Å². The van der Waals surface area contributed by atoms with E-state index < -0.39 is 36.5 Å². The van der Waals surface area contributed by atoms with E-state index in [0.29, 0.717) is 16.4 Å². The molecule has 6 rings (SSSR count). The Kier molecular flexibility index (Phi) is 7.64. The Balaban J connectivity index is 1.29. The molecule has 2 aliphatic rings. The summed E-state index contributed by atoms with van der Waals surface area (Å²) in [7, 11) is 1.58. The molecule has 1 amide bonds. The Morgan fingerprint density at radius 2 is 1.91 bits per heavy atom. The number of H-pyrrole nitrogens is 1. The van der Waals surface area contributed by atoms with Gasteiger partial charge < -0.3 is 19.8 Å². The van der Waals surface area contributed by atoms with Gasteiger partial charge in [0.25, 0.3) is 0 Å². The number of carbonyl (C=O) groups is 1. The molecule has 230 valence electrons. The number of piperazine rings is 1. The maximum atomic E-state index is 15.3. The molecule has 10 nitrogen and oxygen atoms in total. The van der Waals surface area contributed by atoms with Gasteiger partial charge in [-0.05, 0) is 36.4 Å². The molecule has 1 atom stereocenters. The van der Waals surface area contributed by atoms with E-state index in [1.165, 1.54) is 45.0 Å². The van der Waals surface area contributed by atoms with Gasteiger partial charge in [-0.3, -0.25) is 14.8 Å². The SMILES string of the molecule is CN(c1nc(-c2ccc(F)cc2)c(C#N)s1)c1n[nH]c2c(F)cc(N3CCN(CC(=O)N4CC(O)C4)CC3C(F)(F)F)cc12. The monoisotopic (exact) mass is 632 g/mol. The molecule has 2 N–H and O–H groups in total. The number of likely N-dealkylation sites (tertiary alicyclic amines) is 1. The smallest absolute Gasteiger partial charge is 0.389 e. The summed E-state index contributed by atoms with van der Waals surface area (Å²) in [5, 5.41) is 26.4. The average Bonchev–Trinajstić information content (AvgIpc) is 3.60. The molecule has 4 heterocycles. The first-order valence-corrected chi connectivity index (χ1v) is 14.3. The van der Waals surface area contributed by atoms with E-state index in [2.05, 4.69) is 21.3 Å². The lowest BCUT2D eigenvalue weighted by Crippen LogP contribution is -2.62. The molecule has 0 radical (unpaired) electrons. The maximum Gasteiger partial charge on any atom is 0.409 e. The predicted molar refractivity (Wildman–Crippen MR) is 153 cm³/mol. The summed E-state index contributed by atoms with van der Waals surface area (Å²) >= 11 is 1.03. The number of hydrogen-bond acceptors (Lipinski definition) is 9. The van der Waals surface area contributed by atoms with Gasteiger partial charge in [-0.2, -0.15) is 23.5 Å². The molecule has 0 spiro atoms. The van der Waals surface area contributed by atoms with Gasteiger partial charge in [0.15, 0.2) is 16.8 Å². The van der Waals surface area contributed by atoms with Crippen LogP contribution in [0.15, 0.2) is 36.4 Å². The van der Waals surface area contributed by atoms with Crippen molar-refractivity contribution in [2.45, 2.75) is 18.3 Å². The second-order valence-electron chi connectivity index (χ2n) is 10.7. The van der Waals surface area contributed by atoms with Crippen LogP contribution in [0, 0.1) is 23.0 Å². The minimum absolute atomic E-state index is 0.00549. The quantitative estimate of drug-likeness (QED) is 0.308. The zero-order valence-corrected chi connectivity index (χ0v) is 24.0. The van der Waals surface area contributed by atoms with Gasteiger partial charge in [0.2, 0.25) is 5.91 Å². The second kappa shape index (κ2) is 11.3. The number of anilines is 3. The van der Waals surface area contributed by atoms with Crippen LogP contribution in [0.3, 0.4) is 0 Å². The topological polar surface area (TPSA) is 116 Å². The van der Waals surface area contributed by atoms with Crippen LogP contribution in [0.2, 0.25) is 0 Å². The van der Waals surface area contributed by atoms with Crippen LogP contribution in [-0.2, 0) is 4.79 Å². The number of rotatable bonds is 6. The third-order valence-corrected chi connectivity index (χ3v) is 8.81. The number of fused-ring (bicyclic) bond motifs is 1. The summed E-state index contributed by atoms with van der Waals surface area (Å²) in [6, 6.07) is 7.98. The average molecular weight is 633 g/mol. The molecule has 0 saturated carbocycles. The molecule has 0 aliphatic carbocycles. The number of thiazole rings is 1. The lowest BCUT2D eigenvalue weighted by Gasteiger charge is -2.44. The Labute approximate surface area is 251 Å². The van der Waals surface area contributed by atoms with Gasteiger partial charge in [-0.15, -0.1) is 0 Å². The van der Waals surface area contributed by atoms with Crippen LogP contribution >= 0.6 is 11.3 Å². The number of hydrogen-bond donors (Lipinski definition) is 2. The van der Waals surface area contributed by atoms with Crippen LogP contribution in [-0.4, -0.2) is 101 Å². The van der Waals surface area contributed by atoms with E-state index in [4.69, 9.17) is 0 Å². The number of carbonyl (C=O) groups excluding carboxylic acids is 1. The second-order valence-corrected chi connectivity index (χ2v) is 11.7.